The lowest BCUT2D eigenvalue weighted by Gasteiger charge is -2.12. The number of hydrogen-bond acceptors (Lipinski definition) is 3. The summed E-state index contributed by atoms with van der Waals surface area (Å²) in [6.07, 6.45) is -1.36. The number of nitrogens with two attached hydrogens (primary N) is 1. The molecule has 0 aliphatic carbocycles. The highest BCUT2D eigenvalue weighted by atomic mass is 79.9. The first-order valence-corrected chi connectivity index (χ1v) is 7.28. The van der Waals surface area contributed by atoms with Crippen LogP contribution in [-0.4, -0.2) is 14.8 Å². The Labute approximate surface area is 137 Å². The molecule has 2 heterocycles. The van der Waals surface area contributed by atoms with Gasteiger partial charge in [0.05, 0.1) is 23.1 Å². The minimum absolute atomic E-state index is 0.306. The maximum atomic E-state index is 12.9. The second kappa shape index (κ2) is 5.69. The summed E-state index contributed by atoms with van der Waals surface area (Å²) < 4.78 is 40.8. The van der Waals surface area contributed by atoms with E-state index in [9.17, 15) is 13.2 Å². The van der Waals surface area contributed by atoms with Crippen LogP contribution in [0.2, 0.25) is 0 Å². The molecule has 0 amide bonds. The van der Waals surface area contributed by atoms with Crippen molar-refractivity contribution >= 4 is 21.7 Å². The van der Waals surface area contributed by atoms with E-state index in [-0.39, 0.29) is 0 Å². The van der Waals surface area contributed by atoms with Gasteiger partial charge in [0.15, 0.2) is 0 Å². The van der Waals surface area contributed by atoms with E-state index in [0.29, 0.717) is 27.2 Å². The molecule has 2 N–H and O–H groups in total. The minimum Gasteiger partial charge on any atom is -0.384 e. The first-order chi connectivity index (χ1) is 10.9. The molecule has 0 atom stereocenters. The van der Waals surface area contributed by atoms with E-state index in [1.807, 2.05) is 0 Å². The Morgan fingerprint density at radius 3 is 2.65 bits per heavy atom. The number of hydrogen-bond donors (Lipinski definition) is 1. The van der Waals surface area contributed by atoms with Gasteiger partial charge in [0.2, 0.25) is 0 Å². The van der Waals surface area contributed by atoms with Crippen LogP contribution in [0.5, 0.6) is 0 Å². The molecule has 23 heavy (non-hydrogen) atoms. The maximum Gasteiger partial charge on any atom is 0.416 e. The molecule has 0 radical (unpaired) electrons. The molecule has 0 spiro atoms. The number of rotatable bonds is 2. The monoisotopic (exact) mass is 382 g/mol. The van der Waals surface area contributed by atoms with Crippen LogP contribution >= 0.6 is 15.9 Å². The number of benzene rings is 1. The molecular weight excluding hydrogens is 373 g/mol. The number of aromatic nitrogens is 3. The van der Waals surface area contributed by atoms with Crippen molar-refractivity contribution in [1.29, 1.82) is 0 Å². The number of alkyl halides is 3. The van der Waals surface area contributed by atoms with E-state index in [2.05, 4.69) is 26.0 Å². The zero-order valence-corrected chi connectivity index (χ0v) is 13.1. The third-order valence-electron chi connectivity index (χ3n) is 3.21. The van der Waals surface area contributed by atoms with E-state index in [0.717, 1.165) is 12.1 Å². The Morgan fingerprint density at radius 1 is 1.13 bits per heavy atom. The van der Waals surface area contributed by atoms with Crippen LogP contribution in [0.3, 0.4) is 0 Å². The number of halogens is 4. The van der Waals surface area contributed by atoms with Gasteiger partial charge in [-0.3, -0.25) is 0 Å². The maximum absolute atomic E-state index is 12.9. The molecule has 0 fully saturated rings. The molecule has 0 saturated heterocycles. The molecule has 0 unspecified atom stereocenters. The quantitative estimate of drug-likeness (QED) is 0.718. The molecule has 0 bridgehead atoms. The van der Waals surface area contributed by atoms with Gasteiger partial charge < -0.3 is 5.73 Å². The molecule has 3 rings (SSSR count). The lowest BCUT2D eigenvalue weighted by atomic mass is 10.1. The van der Waals surface area contributed by atoms with Crippen molar-refractivity contribution in [2.45, 2.75) is 6.18 Å². The first kappa shape index (κ1) is 15.5. The van der Waals surface area contributed by atoms with Gasteiger partial charge in [-0.2, -0.15) is 18.3 Å². The van der Waals surface area contributed by atoms with Gasteiger partial charge in [-0.05, 0) is 46.3 Å². The topological polar surface area (TPSA) is 56.7 Å². The highest BCUT2D eigenvalue weighted by molar-refractivity contribution is 9.10. The summed E-state index contributed by atoms with van der Waals surface area (Å²) in [6, 6.07) is 8.30. The molecule has 1 aromatic carbocycles. The van der Waals surface area contributed by atoms with Crippen LogP contribution in [-0.2, 0) is 6.18 Å². The molecule has 4 nitrogen and oxygen atoms in total. The van der Waals surface area contributed by atoms with E-state index < -0.39 is 11.7 Å². The number of nitrogens with zero attached hydrogens (tertiary/aromatic N) is 3. The summed E-state index contributed by atoms with van der Waals surface area (Å²) in [6.45, 7) is 0. The second-order valence-electron chi connectivity index (χ2n) is 4.77. The molecule has 0 aliphatic rings. The fourth-order valence-electron chi connectivity index (χ4n) is 2.18. The van der Waals surface area contributed by atoms with Crippen LogP contribution in [0.15, 0.2) is 53.3 Å². The summed E-state index contributed by atoms with van der Waals surface area (Å²) in [7, 11) is 0. The zero-order valence-electron chi connectivity index (χ0n) is 11.5. The van der Waals surface area contributed by atoms with Crippen molar-refractivity contribution in [3.05, 3.63) is 58.8 Å². The molecular formula is C15H10BrF3N4. The van der Waals surface area contributed by atoms with E-state index in [1.54, 1.807) is 18.2 Å². The summed E-state index contributed by atoms with van der Waals surface area (Å²) >= 11 is 3.37. The highest BCUT2D eigenvalue weighted by Crippen LogP contribution is 2.33. The van der Waals surface area contributed by atoms with E-state index in [1.165, 1.54) is 23.1 Å². The van der Waals surface area contributed by atoms with Gasteiger partial charge in [-0.1, -0.05) is 6.07 Å². The van der Waals surface area contributed by atoms with Gasteiger partial charge >= 0.3 is 6.18 Å². The largest absolute Gasteiger partial charge is 0.416 e. The van der Waals surface area contributed by atoms with Crippen molar-refractivity contribution in [3.63, 3.8) is 0 Å². The average molecular weight is 383 g/mol. The number of pyridine rings is 1. The van der Waals surface area contributed by atoms with Crippen LogP contribution < -0.4 is 5.73 Å². The summed E-state index contributed by atoms with van der Waals surface area (Å²) in [5.41, 5.74) is 6.56. The van der Waals surface area contributed by atoms with Gasteiger partial charge in [-0.25, -0.2) is 9.67 Å². The van der Waals surface area contributed by atoms with Crippen LogP contribution in [0.1, 0.15) is 5.56 Å². The Balaban J connectivity index is 2.14. The first-order valence-electron chi connectivity index (χ1n) is 6.49. The van der Waals surface area contributed by atoms with Crippen molar-refractivity contribution in [2.24, 2.45) is 0 Å². The predicted molar refractivity (Wildman–Crippen MR) is 83.9 cm³/mol. The van der Waals surface area contributed by atoms with Crippen LogP contribution in [0.25, 0.3) is 16.9 Å². The molecule has 8 heteroatoms. The van der Waals surface area contributed by atoms with E-state index >= 15 is 0 Å². The Morgan fingerprint density at radius 2 is 1.91 bits per heavy atom. The van der Waals surface area contributed by atoms with Gasteiger partial charge in [-0.15, -0.1) is 0 Å². The summed E-state index contributed by atoms with van der Waals surface area (Å²) in [5, 5.41) is 4.12. The SMILES string of the molecule is Nc1cc(-c2ccnn2-c2cccc(C(F)(F)F)c2)c(Br)cn1. The highest BCUT2D eigenvalue weighted by Gasteiger charge is 2.30. The Bertz CT molecular complexity index is 858. The van der Waals surface area contributed by atoms with Gasteiger partial charge in [0.1, 0.15) is 5.82 Å². The van der Waals surface area contributed by atoms with Crippen molar-refractivity contribution in [1.82, 2.24) is 14.8 Å². The minimum atomic E-state index is -4.41. The Kier molecular flexibility index (Phi) is 3.85. The van der Waals surface area contributed by atoms with Crippen LogP contribution in [0.4, 0.5) is 19.0 Å². The lowest BCUT2D eigenvalue weighted by molar-refractivity contribution is -0.137. The molecule has 3 aromatic rings. The smallest absolute Gasteiger partial charge is 0.384 e. The van der Waals surface area contributed by atoms with Crippen molar-refractivity contribution < 1.29 is 13.2 Å². The fourth-order valence-corrected chi connectivity index (χ4v) is 2.60. The molecule has 0 saturated carbocycles. The Hall–Kier alpha value is -2.35. The predicted octanol–water partition coefficient (Wildman–Crippen LogP) is 4.30. The zero-order chi connectivity index (χ0) is 16.6. The summed E-state index contributed by atoms with van der Waals surface area (Å²) in [4.78, 5) is 3.95. The third kappa shape index (κ3) is 3.07. The standard InChI is InChI=1S/C15H10BrF3N4/c16-12-8-21-14(20)7-11(12)13-4-5-22-23(13)10-3-1-2-9(6-10)15(17,18)19/h1-8H,(H2,20,21). The van der Waals surface area contributed by atoms with Crippen molar-refractivity contribution in [3.8, 4) is 16.9 Å². The van der Waals surface area contributed by atoms with Gasteiger partial charge in [0, 0.05) is 16.2 Å². The van der Waals surface area contributed by atoms with Crippen LogP contribution in [0, 0.1) is 0 Å². The van der Waals surface area contributed by atoms with Gasteiger partial charge in [0.25, 0.3) is 0 Å². The average Bonchev–Trinajstić information content (AvgIpc) is 2.98. The normalized spacial score (nSPS) is 11.7. The number of anilines is 1. The fraction of sp³-hybridized carbons (Fsp3) is 0.0667. The molecule has 2 aromatic heterocycles. The molecule has 118 valence electrons. The van der Waals surface area contributed by atoms with Crippen molar-refractivity contribution in [2.75, 3.05) is 5.73 Å². The number of nitrogen functional groups attached to an aromatic ring is 1. The summed E-state index contributed by atoms with van der Waals surface area (Å²) in [5.74, 6) is 0.306. The third-order valence-corrected chi connectivity index (χ3v) is 3.85. The second-order valence-corrected chi connectivity index (χ2v) is 5.62. The molecule has 0 aliphatic heterocycles. The lowest BCUT2D eigenvalue weighted by Crippen LogP contribution is -2.07. The van der Waals surface area contributed by atoms with E-state index in [4.69, 9.17) is 5.73 Å².